The summed E-state index contributed by atoms with van der Waals surface area (Å²) in [5.41, 5.74) is 0.976. The third-order valence-electron chi connectivity index (χ3n) is 2.32. The lowest BCUT2D eigenvalue weighted by Gasteiger charge is -1.88. The van der Waals surface area contributed by atoms with Crippen molar-refractivity contribution in [2.45, 2.75) is 6.61 Å². The van der Waals surface area contributed by atoms with Crippen LogP contribution in [0, 0.1) is 0 Å². The maximum atomic E-state index is 8.93. The number of furan rings is 1. The molecule has 0 bridgehead atoms. The molecule has 1 N–H and O–H groups in total. The number of aromatic nitrogens is 1. The van der Waals surface area contributed by atoms with Crippen molar-refractivity contribution in [2.24, 2.45) is 0 Å². The molecule has 80 valence electrons. The number of hydrogen-bond acceptors (Lipinski definition) is 4. The highest BCUT2D eigenvalue weighted by Crippen LogP contribution is 2.30. The van der Waals surface area contributed by atoms with E-state index in [9.17, 15) is 0 Å². The van der Waals surface area contributed by atoms with E-state index in [1.165, 1.54) is 0 Å². The first-order valence-corrected chi connectivity index (χ1v) is 5.74. The molecule has 0 amide bonds. The second-order valence-electron chi connectivity index (χ2n) is 3.41. The van der Waals surface area contributed by atoms with Gasteiger partial charge in [-0.25, -0.2) is 4.98 Å². The van der Waals surface area contributed by atoms with E-state index >= 15 is 0 Å². The molecule has 0 saturated heterocycles. The fourth-order valence-corrected chi connectivity index (χ4v) is 2.48. The predicted molar refractivity (Wildman–Crippen MR) is 63.2 cm³/mol. The first-order chi connectivity index (χ1) is 7.86. The van der Waals surface area contributed by atoms with Crippen molar-refractivity contribution in [3.8, 4) is 10.8 Å². The summed E-state index contributed by atoms with van der Waals surface area (Å²) in [6.07, 6.45) is 0. The Hall–Kier alpha value is -1.65. The van der Waals surface area contributed by atoms with Gasteiger partial charge in [0.05, 0.1) is 10.2 Å². The van der Waals surface area contributed by atoms with E-state index in [2.05, 4.69) is 4.98 Å². The number of nitrogens with zero attached hydrogens (tertiary/aromatic N) is 1. The van der Waals surface area contributed by atoms with Crippen LogP contribution in [0.3, 0.4) is 0 Å². The van der Waals surface area contributed by atoms with E-state index in [0.29, 0.717) is 11.5 Å². The van der Waals surface area contributed by atoms with Crippen molar-refractivity contribution >= 4 is 21.6 Å². The number of aliphatic hydroxyl groups is 1. The highest BCUT2D eigenvalue weighted by molar-refractivity contribution is 7.21. The average Bonchev–Trinajstić information content (AvgIpc) is 2.95. The quantitative estimate of drug-likeness (QED) is 0.737. The average molecular weight is 231 g/mol. The first-order valence-electron chi connectivity index (χ1n) is 4.92. The van der Waals surface area contributed by atoms with Crippen LogP contribution in [0.1, 0.15) is 5.76 Å². The number of benzene rings is 1. The normalized spacial score (nSPS) is 11.1. The molecule has 3 aromatic rings. The Labute approximate surface area is 96.0 Å². The summed E-state index contributed by atoms with van der Waals surface area (Å²) in [6, 6.07) is 11.6. The van der Waals surface area contributed by atoms with Gasteiger partial charge in [0.2, 0.25) is 0 Å². The van der Waals surface area contributed by atoms with E-state index in [-0.39, 0.29) is 6.61 Å². The van der Waals surface area contributed by atoms with Crippen LogP contribution in [0.4, 0.5) is 0 Å². The molecule has 0 spiro atoms. The van der Waals surface area contributed by atoms with E-state index in [1.807, 2.05) is 30.3 Å². The molecule has 4 heteroatoms. The Balaban J connectivity index is 2.11. The summed E-state index contributed by atoms with van der Waals surface area (Å²) < 4.78 is 6.58. The first kappa shape index (κ1) is 9.57. The molecule has 0 aliphatic rings. The van der Waals surface area contributed by atoms with E-state index in [0.717, 1.165) is 15.2 Å². The summed E-state index contributed by atoms with van der Waals surface area (Å²) in [5.74, 6) is 1.28. The summed E-state index contributed by atoms with van der Waals surface area (Å²) in [4.78, 5) is 4.47. The fourth-order valence-electron chi connectivity index (χ4n) is 1.56. The van der Waals surface area contributed by atoms with Gasteiger partial charge in [-0.15, -0.1) is 11.3 Å². The molecule has 16 heavy (non-hydrogen) atoms. The molecule has 1 aromatic carbocycles. The van der Waals surface area contributed by atoms with Gasteiger partial charge in [0.1, 0.15) is 12.4 Å². The summed E-state index contributed by atoms with van der Waals surface area (Å²) in [7, 11) is 0. The third-order valence-corrected chi connectivity index (χ3v) is 3.37. The second-order valence-corrected chi connectivity index (χ2v) is 4.44. The molecule has 0 fully saturated rings. The summed E-state index contributed by atoms with van der Waals surface area (Å²) in [6.45, 7) is -0.0785. The van der Waals surface area contributed by atoms with Crippen LogP contribution in [0.15, 0.2) is 40.8 Å². The minimum atomic E-state index is -0.0785. The number of fused-ring (bicyclic) bond motifs is 1. The summed E-state index contributed by atoms with van der Waals surface area (Å²) >= 11 is 1.59. The number of para-hydroxylation sites is 1. The molecule has 3 rings (SSSR count). The smallest absolute Gasteiger partial charge is 0.163 e. The number of aliphatic hydroxyl groups excluding tert-OH is 1. The van der Waals surface area contributed by atoms with Gasteiger partial charge in [-0.3, -0.25) is 0 Å². The van der Waals surface area contributed by atoms with Crippen LogP contribution in [-0.2, 0) is 6.61 Å². The molecule has 0 aliphatic carbocycles. The lowest BCUT2D eigenvalue weighted by Crippen LogP contribution is -1.74. The Morgan fingerprint density at radius 2 is 2.06 bits per heavy atom. The van der Waals surface area contributed by atoms with Crippen LogP contribution < -0.4 is 0 Å². The molecule has 0 aliphatic heterocycles. The van der Waals surface area contributed by atoms with Crippen molar-refractivity contribution < 1.29 is 9.52 Å². The molecule has 0 radical (unpaired) electrons. The van der Waals surface area contributed by atoms with Gasteiger partial charge in [0, 0.05) is 0 Å². The SMILES string of the molecule is OCc1ccc(-c2nc3ccccc3s2)o1. The molecular weight excluding hydrogens is 222 g/mol. The predicted octanol–water partition coefficient (Wildman–Crippen LogP) is 3.05. The van der Waals surface area contributed by atoms with Gasteiger partial charge in [0.25, 0.3) is 0 Å². The van der Waals surface area contributed by atoms with Crippen molar-refractivity contribution in [3.05, 3.63) is 42.2 Å². The van der Waals surface area contributed by atoms with Crippen LogP contribution in [0.2, 0.25) is 0 Å². The largest absolute Gasteiger partial charge is 0.456 e. The number of rotatable bonds is 2. The monoisotopic (exact) mass is 231 g/mol. The Kier molecular flexibility index (Phi) is 2.23. The van der Waals surface area contributed by atoms with E-state index in [4.69, 9.17) is 9.52 Å². The Bertz CT molecular complexity index is 594. The van der Waals surface area contributed by atoms with E-state index in [1.54, 1.807) is 17.4 Å². The maximum absolute atomic E-state index is 8.93. The molecule has 0 atom stereocenters. The van der Waals surface area contributed by atoms with Crippen molar-refractivity contribution in [1.82, 2.24) is 4.98 Å². The third kappa shape index (κ3) is 1.52. The molecule has 0 saturated carbocycles. The molecule has 2 aromatic heterocycles. The number of hydrogen-bond donors (Lipinski definition) is 1. The Morgan fingerprint density at radius 1 is 1.19 bits per heavy atom. The van der Waals surface area contributed by atoms with Crippen molar-refractivity contribution in [1.29, 1.82) is 0 Å². The summed E-state index contributed by atoms with van der Waals surface area (Å²) in [5, 5.41) is 9.77. The zero-order chi connectivity index (χ0) is 11.0. The van der Waals surface area contributed by atoms with Crippen molar-refractivity contribution in [3.63, 3.8) is 0 Å². The van der Waals surface area contributed by atoms with Gasteiger partial charge in [-0.1, -0.05) is 12.1 Å². The molecule has 3 nitrogen and oxygen atoms in total. The molecular formula is C12H9NO2S. The van der Waals surface area contributed by atoms with Crippen LogP contribution in [0.5, 0.6) is 0 Å². The molecule has 0 unspecified atom stereocenters. The van der Waals surface area contributed by atoms with Crippen LogP contribution in [0.25, 0.3) is 21.0 Å². The highest BCUT2D eigenvalue weighted by atomic mass is 32.1. The minimum Gasteiger partial charge on any atom is -0.456 e. The Morgan fingerprint density at radius 3 is 2.81 bits per heavy atom. The van der Waals surface area contributed by atoms with E-state index < -0.39 is 0 Å². The zero-order valence-electron chi connectivity index (χ0n) is 8.38. The second kappa shape index (κ2) is 3.73. The van der Waals surface area contributed by atoms with Crippen molar-refractivity contribution in [2.75, 3.05) is 0 Å². The lowest BCUT2D eigenvalue weighted by molar-refractivity contribution is 0.248. The van der Waals surface area contributed by atoms with Gasteiger partial charge in [-0.05, 0) is 24.3 Å². The zero-order valence-corrected chi connectivity index (χ0v) is 9.20. The van der Waals surface area contributed by atoms with Gasteiger partial charge in [-0.2, -0.15) is 0 Å². The topological polar surface area (TPSA) is 46.3 Å². The fraction of sp³-hybridized carbons (Fsp3) is 0.0833. The van der Waals surface area contributed by atoms with Gasteiger partial charge >= 0.3 is 0 Å². The standard InChI is InChI=1S/C12H9NO2S/c14-7-8-5-6-10(15-8)12-13-9-3-1-2-4-11(9)16-12/h1-6,14H,7H2. The maximum Gasteiger partial charge on any atom is 0.163 e. The lowest BCUT2D eigenvalue weighted by atomic mass is 10.3. The van der Waals surface area contributed by atoms with Gasteiger partial charge in [0.15, 0.2) is 10.8 Å². The minimum absolute atomic E-state index is 0.0785. The van der Waals surface area contributed by atoms with Crippen LogP contribution >= 0.6 is 11.3 Å². The van der Waals surface area contributed by atoms with Gasteiger partial charge < -0.3 is 9.52 Å². The number of thiazole rings is 1. The molecule has 2 heterocycles. The highest BCUT2D eigenvalue weighted by Gasteiger charge is 2.09. The van der Waals surface area contributed by atoms with Crippen LogP contribution in [-0.4, -0.2) is 10.1 Å².